The van der Waals surface area contributed by atoms with Gasteiger partial charge in [-0.15, -0.1) is 0 Å². The van der Waals surface area contributed by atoms with Crippen molar-refractivity contribution in [2.75, 3.05) is 19.0 Å². The van der Waals surface area contributed by atoms with Crippen molar-refractivity contribution in [3.05, 3.63) is 24.3 Å². The highest BCUT2D eigenvalue weighted by Gasteiger charge is 1.98. The van der Waals surface area contributed by atoms with Crippen molar-refractivity contribution in [1.29, 1.82) is 0 Å². The van der Waals surface area contributed by atoms with Crippen molar-refractivity contribution in [2.24, 2.45) is 0 Å². The third-order valence-corrected chi connectivity index (χ3v) is 1.36. The van der Waals surface area contributed by atoms with Gasteiger partial charge in [-0.1, -0.05) is 12.1 Å². The Kier molecular flexibility index (Phi) is 3.40. The van der Waals surface area contributed by atoms with Crippen molar-refractivity contribution in [1.82, 2.24) is 0 Å². The lowest BCUT2D eigenvalue weighted by molar-refractivity contribution is 0.475. The molecule has 62 valence electrons. The molecule has 0 spiro atoms. The highest BCUT2D eigenvalue weighted by molar-refractivity contribution is 5.56. The zero-order chi connectivity index (χ0) is 7.56. The van der Waals surface area contributed by atoms with Crippen molar-refractivity contribution >= 4 is 5.69 Å². The fraction of sp³-hybridized carbons (Fsp3) is 0.250. The number of para-hydroxylation sites is 2. The van der Waals surface area contributed by atoms with Gasteiger partial charge >= 0.3 is 0 Å². The van der Waals surface area contributed by atoms with E-state index in [4.69, 9.17) is 0 Å². The Morgan fingerprint density at radius 2 is 1.73 bits per heavy atom. The molecule has 0 aliphatic carbocycles. The lowest BCUT2D eigenvalue weighted by Crippen LogP contribution is -2.08. The second kappa shape index (κ2) is 3.83. The predicted octanol–water partition coefficient (Wildman–Crippen LogP) is 0.633. The number of nitrogens with zero attached hydrogens (tertiary/aromatic N) is 1. The van der Waals surface area contributed by atoms with E-state index in [1.165, 1.54) is 0 Å². The van der Waals surface area contributed by atoms with E-state index in [9.17, 15) is 5.11 Å². The largest absolute Gasteiger partial charge is 0.506 e. The van der Waals surface area contributed by atoms with E-state index >= 15 is 0 Å². The van der Waals surface area contributed by atoms with Gasteiger partial charge in [0.05, 0.1) is 5.69 Å². The summed E-state index contributed by atoms with van der Waals surface area (Å²) >= 11 is 0. The number of benzene rings is 1. The molecule has 0 unspecified atom stereocenters. The van der Waals surface area contributed by atoms with Crippen LogP contribution in [0.4, 0.5) is 5.69 Å². The Bertz CT molecular complexity index is 223. The Balaban J connectivity index is 0.000001000. The molecule has 0 bridgehead atoms. The topological polar surface area (TPSA) is 55.0 Å². The second-order valence-corrected chi connectivity index (χ2v) is 2.38. The highest BCUT2D eigenvalue weighted by Crippen LogP contribution is 2.23. The highest BCUT2D eigenvalue weighted by atomic mass is 16.3. The lowest BCUT2D eigenvalue weighted by Gasteiger charge is -2.12. The maximum Gasteiger partial charge on any atom is 0.138 e. The van der Waals surface area contributed by atoms with Crippen LogP contribution in [0, 0.1) is 0 Å². The molecule has 1 aromatic rings. The average Bonchev–Trinajstić information content (AvgIpc) is 1.88. The first-order valence-corrected chi connectivity index (χ1v) is 3.17. The predicted molar refractivity (Wildman–Crippen MR) is 46.0 cm³/mol. The van der Waals surface area contributed by atoms with Gasteiger partial charge in [0.25, 0.3) is 0 Å². The van der Waals surface area contributed by atoms with Gasteiger partial charge in [0.15, 0.2) is 0 Å². The Morgan fingerprint density at radius 1 is 1.18 bits per heavy atom. The molecule has 3 heteroatoms. The van der Waals surface area contributed by atoms with Crippen LogP contribution in [0.2, 0.25) is 0 Å². The molecule has 3 nitrogen and oxygen atoms in total. The summed E-state index contributed by atoms with van der Waals surface area (Å²) < 4.78 is 0. The summed E-state index contributed by atoms with van der Waals surface area (Å²) in [6.07, 6.45) is 0. The molecule has 3 N–H and O–H groups in total. The fourth-order valence-electron chi connectivity index (χ4n) is 0.842. The molecule has 0 amide bonds. The summed E-state index contributed by atoms with van der Waals surface area (Å²) in [5, 5.41) is 9.24. The minimum absolute atomic E-state index is 0. The number of rotatable bonds is 1. The summed E-state index contributed by atoms with van der Waals surface area (Å²) in [6.45, 7) is 0. The lowest BCUT2D eigenvalue weighted by atomic mass is 10.3. The molecule has 0 heterocycles. The Hall–Kier alpha value is -1.22. The van der Waals surface area contributed by atoms with E-state index in [2.05, 4.69) is 0 Å². The summed E-state index contributed by atoms with van der Waals surface area (Å²) in [5.41, 5.74) is 0.850. The second-order valence-electron chi connectivity index (χ2n) is 2.38. The van der Waals surface area contributed by atoms with Crippen LogP contribution < -0.4 is 4.90 Å². The SMILES string of the molecule is CN(C)c1ccccc1O.O. The standard InChI is InChI=1S/C8H11NO.H2O/c1-9(2)7-5-3-4-6-8(7)10;/h3-6,10H,1-2H3;1H2. The quantitative estimate of drug-likeness (QED) is 0.646. The van der Waals surface area contributed by atoms with Crippen LogP contribution in [0.3, 0.4) is 0 Å². The first-order valence-electron chi connectivity index (χ1n) is 3.17. The van der Waals surface area contributed by atoms with Crippen LogP contribution in [0.1, 0.15) is 0 Å². The number of phenols is 1. The number of aromatic hydroxyl groups is 1. The van der Waals surface area contributed by atoms with Crippen LogP contribution in [0.15, 0.2) is 24.3 Å². The van der Waals surface area contributed by atoms with Crippen molar-refractivity contribution in [3.8, 4) is 5.75 Å². The monoisotopic (exact) mass is 155 g/mol. The van der Waals surface area contributed by atoms with Gasteiger partial charge in [-0.2, -0.15) is 0 Å². The normalized spacial score (nSPS) is 8.55. The number of anilines is 1. The zero-order valence-corrected chi connectivity index (χ0v) is 6.70. The molecule has 0 atom stereocenters. The summed E-state index contributed by atoms with van der Waals surface area (Å²) in [5.74, 6) is 0.326. The van der Waals surface area contributed by atoms with Crippen LogP contribution in [-0.2, 0) is 0 Å². The smallest absolute Gasteiger partial charge is 0.138 e. The third-order valence-electron chi connectivity index (χ3n) is 1.36. The van der Waals surface area contributed by atoms with Gasteiger partial charge in [-0.3, -0.25) is 0 Å². The zero-order valence-electron chi connectivity index (χ0n) is 6.70. The van der Waals surface area contributed by atoms with Crippen molar-refractivity contribution < 1.29 is 10.6 Å². The van der Waals surface area contributed by atoms with Gasteiger partial charge in [0, 0.05) is 14.1 Å². The molecule has 0 aromatic heterocycles. The molecule has 0 fully saturated rings. The average molecular weight is 155 g/mol. The Labute approximate surface area is 66.2 Å². The van der Waals surface area contributed by atoms with Crippen LogP contribution in [0.5, 0.6) is 5.75 Å². The molecule has 1 rings (SSSR count). The van der Waals surface area contributed by atoms with E-state index < -0.39 is 0 Å². The minimum Gasteiger partial charge on any atom is -0.506 e. The Morgan fingerprint density at radius 3 is 2.09 bits per heavy atom. The van der Waals surface area contributed by atoms with Crippen LogP contribution in [-0.4, -0.2) is 24.7 Å². The van der Waals surface area contributed by atoms with Gasteiger partial charge in [-0.25, -0.2) is 0 Å². The number of hydrogen-bond acceptors (Lipinski definition) is 2. The molecule has 0 aliphatic heterocycles. The van der Waals surface area contributed by atoms with Gasteiger partial charge in [0.1, 0.15) is 5.75 Å². The number of hydrogen-bond donors (Lipinski definition) is 1. The van der Waals surface area contributed by atoms with Gasteiger partial charge < -0.3 is 15.5 Å². The first kappa shape index (κ1) is 9.78. The van der Waals surface area contributed by atoms with Crippen molar-refractivity contribution in [2.45, 2.75) is 0 Å². The summed E-state index contributed by atoms with van der Waals surface area (Å²) in [6, 6.07) is 7.25. The van der Waals surface area contributed by atoms with E-state index in [-0.39, 0.29) is 5.48 Å². The van der Waals surface area contributed by atoms with Gasteiger partial charge in [0.2, 0.25) is 0 Å². The van der Waals surface area contributed by atoms with E-state index in [1.807, 2.05) is 37.2 Å². The third kappa shape index (κ3) is 2.13. The molecule has 0 radical (unpaired) electrons. The summed E-state index contributed by atoms with van der Waals surface area (Å²) in [7, 11) is 3.80. The summed E-state index contributed by atoms with van der Waals surface area (Å²) in [4.78, 5) is 1.87. The fourth-order valence-corrected chi connectivity index (χ4v) is 0.842. The van der Waals surface area contributed by atoms with E-state index in [1.54, 1.807) is 6.07 Å². The minimum atomic E-state index is 0. The first-order chi connectivity index (χ1) is 4.72. The van der Waals surface area contributed by atoms with E-state index in [0.29, 0.717) is 5.75 Å². The van der Waals surface area contributed by atoms with Gasteiger partial charge in [-0.05, 0) is 12.1 Å². The maximum absolute atomic E-state index is 9.24. The number of phenolic OH excluding ortho intramolecular Hbond substituents is 1. The maximum atomic E-state index is 9.24. The molecular weight excluding hydrogens is 142 g/mol. The molecule has 1 aromatic carbocycles. The van der Waals surface area contributed by atoms with Crippen molar-refractivity contribution in [3.63, 3.8) is 0 Å². The molecule has 0 saturated heterocycles. The van der Waals surface area contributed by atoms with Crippen LogP contribution in [0.25, 0.3) is 0 Å². The van der Waals surface area contributed by atoms with Crippen LogP contribution >= 0.6 is 0 Å². The molecular formula is C8H13NO2. The molecule has 0 aliphatic rings. The molecule has 0 saturated carbocycles. The van der Waals surface area contributed by atoms with E-state index in [0.717, 1.165) is 5.69 Å². The molecule has 11 heavy (non-hydrogen) atoms.